The summed E-state index contributed by atoms with van der Waals surface area (Å²) in [5.41, 5.74) is 2.88. The molecule has 4 rings (SSSR count). The van der Waals surface area contributed by atoms with Gasteiger partial charge >= 0.3 is 10.4 Å². The van der Waals surface area contributed by atoms with Crippen LogP contribution in [0.25, 0.3) is 0 Å². The number of hydrogen-bond acceptors (Lipinski definition) is 13. The fourth-order valence-electron chi connectivity index (χ4n) is 3.27. The van der Waals surface area contributed by atoms with Gasteiger partial charge in [-0.25, -0.2) is 12.6 Å². The fraction of sp³-hybridized carbons (Fsp3) is 0.125. The largest absolute Gasteiger partial charge is 0.506 e. The van der Waals surface area contributed by atoms with E-state index in [1.807, 2.05) is 6.92 Å². The van der Waals surface area contributed by atoms with E-state index < -0.39 is 32.6 Å². The molecule has 0 spiro atoms. The summed E-state index contributed by atoms with van der Waals surface area (Å²) in [4.78, 5) is 12.2. The minimum Gasteiger partial charge on any atom is -0.506 e. The first-order valence-corrected chi connectivity index (χ1v) is 15.0. The zero-order valence-corrected chi connectivity index (χ0v) is 23.5. The van der Waals surface area contributed by atoms with Crippen LogP contribution in [0.5, 0.6) is 5.75 Å². The van der Waals surface area contributed by atoms with Crippen molar-refractivity contribution in [1.29, 1.82) is 0 Å². The predicted molar refractivity (Wildman–Crippen MR) is 151 cm³/mol. The molecule has 0 aliphatic rings. The van der Waals surface area contributed by atoms with Gasteiger partial charge < -0.3 is 15.7 Å². The van der Waals surface area contributed by atoms with Crippen LogP contribution in [0.3, 0.4) is 0 Å². The van der Waals surface area contributed by atoms with E-state index in [-0.39, 0.29) is 27.8 Å². The first-order chi connectivity index (χ1) is 19.4. The van der Waals surface area contributed by atoms with Gasteiger partial charge in [0.05, 0.1) is 22.9 Å². The Morgan fingerprint density at radius 1 is 0.854 bits per heavy atom. The van der Waals surface area contributed by atoms with Gasteiger partial charge in [0.25, 0.3) is 0 Å². The SMILES string of the molecule is Cc1ccc(O)c(N=Nc2ccc(Nc3nc(Cl)nc(Nc4ccc(S(=O)(=O)CCOS(=O)(=O)O)cc4)n3)cc2)c1. The van der Waals surface area contributed by atoms with Gasteiger partial charge in [-0.15, -0.1) is 5.11 Å². The minimum absolute atomic E-state index is 0.0265. The Labute approximate surface area is 240 Å². The van der Waals surface area contributed by atoms with Crippen molar-refractivity contribution < 1.29 is 30.7 Å². The molecule has 0 amide bonds. The van der Waals surface area contributed by atoms with Crippen molar-refractivity contribution in [2.75, 3.05) is 23.0 Å². The Balaban J connectivity index is 1.40. The van der Waals surface area contributed by atoms with E-state index in [0.29, 0.717) is 22.7 Å². The number of hydrogen-bond donors (Lipinski definition) is 4. The lowest BCUT2D eigenvalue weighted by atomic mass is 10.2. The molecule has 41 heavy (non-hydrogen) atoms. The molecule has 1 heterocycles. The van der Waals surface area contributed by atoms with E-state index in [2.05, 4.69) is 40.0 Å². The highest BCUT2D eigenvalue weighted by Gasteiger charge is 2.17. The standard InChI is InChI=1S/C24H22ClN7O7S2/c1-15-2-11-21(33)20(14-15)32-31-18-5-3-16(4-6-18)26-23-28-22(25)29-24(30-23)27-17-7-9-19(10-8-17)40(34,35)13-12-39-41(36,37)38/h2-11,14,33H,12-13H2,1H3,(H,36,37,38)(H2,26,27,28,29,30). The number of sulfone groups is 1. The van der Waals surface area contributed by atoms with Crippen LogP contribution in [0.2, 0.25) is 5.28 Å². The minimum atomic E-state index is -4.74. The number of aromatic nitrogens is 3. The van der Waals surface area contributed by atoms with Gasteiger partial charge in [-0.3, -0.25) is 4.55 Å². The van der Waals surface area contributed by atoms with E-state index in [0.717, 1.165) is 5.56 Å². The van der Waals surface area contributed by atoms with Gasteiger partial charge in [0.2, 0.25) is 17.2 Å². The second kappa shape index (κ2) is 12.5. The summed E-state index contributed by atoms with van der Waals surface area (Å²) in [5, 5.41) is 23.9. The molecule has 0 aliphatic heterocycles. The van der Waals surface area contributed by atoms with Crippen molar-refractivity contribution >= 4 is 66.5 Å². The molecular weight excluding hydrogens is 598 g/mol. The van der Waals surface area contributed by atoms with E-state index in [1.54, 1.807) is 42.5 Å². The third-order valence-corrected chi connectivity index (χ3v) is 7.52. The number of anilines is 4. The molecule has 0 aliphatic carbocycles. The third-order valence-electron chi connectivity index (χ3n) is 5.19. The van der Waals surface area contributed by atoms with Gasteiger partial charge in [-0.05, 0) is 84.8 Å². The van der Waals surface area contributed by atoms with Gasteiger partial charge in [-0.2, -0.15) is 28.5 Å². The van der Waals surface area contributed by atoms with Crippen LogP contribution >= 0.6 is 11.6 Å². The molecule has 0 atom stereocenters. The number of benzene rings is 3. The van der Waals surface area contributed by atoms with Crippen LogP contribution in [0.4, 0.5) is 34.6 Å². The van der Waals surface area contributed by atoms with Crippen LogP contribution in [-0.4, -0.2) is 53.8 Å². The normalized spacial score (nSPS) is 12.0. The number of aromatic hydroxyl groups is 1. The lowest BCUT2D eigenvalue weighted by molar-refractivity contribution is 0.284. The second-order valence-corrected chi connectivity index (χ2v) is 11.9. The lowest BCUT2D eigenvalue weighted by Gasteiger charge is -2.09. The van der Waals surface area contributed by atoms with Gasteiger partial charge in [0, 0.05) is 11.4 Å². The number of halogens is 1. The highest BCUT2D eigenvalue weighted by Crippen LogP contribution is 2.29. The molecule has 1 aromatic heterocycles. The average Bonchev–Trinajstić information content (AvgIpc) is 2.89. The number of aryl methyl sites for hydroxylation is 1. The molecule has 4 aromatic rings. The molecule has 0 bridgehead atoms. The summed E-state index contributed by atoms with van der Waals surface area (Å²) >= 11 is 6.05. The van der Waals surface area contributed by atoms with Crippen molar-refractivity contribution in [3.05, 3.63) is 77.6 Å². The summed E-state index contributed by atoms with van der Waals surface area (Å²) < 4.78 is 58.5. The summed E-state index contributed by atoms with van der Waals surface area (Å²) in [5.74, 6) is -0.422. The Bertz CT molecular complexity index is 1790. The van der Waals surface area contributed by atoms with Crippen molar-refractivity contribution in [1.82, 2.24) is 15.0 Å². The van der Waals surface area contributed by atoms with E-state index in [4.69, 9.17) is 16.2 Å². The Morgan fingerprint density at radius 3 is 2.02 bits per heavy atom. The molecule has 0 saturated carbocycles. The number of nitrogens with one attached hydrogen (secondary N) is 2. The quantitative estimate of drug-likeness (QED) is 0.129. The van der Waals surface area contributed by atoms with E-state index in [1.165, 1.54) is 24.3 Å². The first kappa shape index (κ1) is 29.8. The van der Waals surface area contributed by atoms with Crippen LogP contribution < -0.4 is 10.6 Å². The van der Waals surface area contributed by atoms with Crippen LogP contribution in [0, 0.1) is 6.92 Å². The Morgan fingerprint density at radius 2 is 1.44 bits per heavy atom. The smallest absolute Gasteiger partial charge is 0.397 e. The molecule has 0 radical (unpaired) electrons. The van der Waals surface area contributed by atoms with Crippen molar-refractivity contribution in [2.24, 2.45) is 10.2 Å². The summed E-state index contributed by atoms with van der Waals surface area (Å²) in [7, 11) is -8.61. The van der Waals surface area contributed by atoms with Crippen molar-refractivity contribution in [3.63, 3.8) is 0 Å². The van der Waals surface area contributed by atoms with E-state index in [9.17, 15) is 21.9 Å². The fourth-order valence-corrected chi connectivity index (χ4v) is 4.92. The van der Waals surface area contributed by atoms with Gasteiger partial charge in [0.1, 0.15) is 11.4 Å². The highest BCUT2D eigenvalue weighted by molar-refractivity contribution is 7.91. The topological polar surface area (TPSA) is 205 Å². The number of rotatable bonds is 11. The maximum absolute atomic E-state index is 12.3. The number of azo groups is 1. The molecule has 4 N–H and O–H groups in total. The van der Waals surface area contributed by atoms with Crippen molar-refractivity contribution in [2.45, 2.75) is 11.8 Å². The maximum Gasteiger partial charge on any atom is 0.397 e. The zero-order valence-electron chi connectivity index (χ0n) is 21.1. The molecule has 0 fully saturated rings. The van der Waals surface area contributed by atoms with Crippen LogP contribution in [0.1, 0.15) is 5.56 Å². The second-order valence-electron chi connectivity index (χ2n) is 8.33. The van der Waals surface area contributed by atoms with Gasteiger partial charge in [0.15, 0.2) is 9.84 Å². The van der Waals surface area contributed by atoms with Crippen LogP contribution in [-0.2, 0) is 24.4 Å². The predicted octanol–water partition coefficient (Wildman–Crippen LogP) is 5.03. The lowest BCUT2D eigenvalue weighted by Crippen LogP contribution is -2.15. The average molecular weight is 620 g/mol. The summed E-state index contributed by atoms with van der Waals surface area (Å²) in [6, 6.07) is 17.4. The molecule has 17 heteroatoms. The van der Waals surface area contributed by atoms with Crippen LogP contribution in [0.15, 0.2) is 81.9 Å². The molecule has 0 unspecified atom stereocenters. The Hall–Kier alpha value is -4.22. The highest BCUT2D eigenvalue weighted by atomic mass is 35.5. The molecular formula is C24H22ClN7O7S2. The molecule has 0 saturated heterocycles. The van der Waals surface area contributed by atoms with Crippen molar-refractivity contribution in [3.8, 4) is 5.75 Å². The number of phenols is 1. The Kier molecular flexibility index (Phi) is 9.09. The molecule has 3 aromatic carbocycles. The molecule has 14 nitrogen and oxygen atoms in total. The number of nitrogens with zero attached hydrogens (tertiary/aromatic N) is 5. The number of phenolic OH excluding ortho intramolecular Hbond substituents is 1. The maximum atomic E-state index is 12.3. The zero-order chi connectivity index (χ0) is 29.6. The first-order valence-electron chi connectivity index (χ1n) is 11.6. The summed E-state index contributed by atoms with van der Waals surface area (Å²) in [6.07, 6.45) is 0. The monoisotopic (exact) mass is 619 g/mol. The van der Waals surface area contributed by atoms with E-state index >= 15 is 0 Å². The van der Waals surface area contributed by atoms with Gasteiger partial charge in [-0.1, -0.05) is 6.07 Å². The summed E-state index contributed by atoms with van der Waals surface area (Å²) in [6.45, 7) is 1.15. The molecule has 214 valence electrons. The third kappa shape index (κ3) is 8.89.